The van der Waals surface area contributed by atoms with E-state index in [1.807, 2.05) is 6.92 Å². The zero-order valence-electron chi connectivity index (χ0n) is 9.27. The van der Waals surface area contributed by atoms with Crippen molar-refractivity contribution in [3.8, 4) is 12.3 Å². The average Bonchev–Trinajstić information content (AvgIpc) is 2.63. The molecule has 0 aliphatic rings. The number of thiazole rings is 1. The molecule has 0 atom stereocenters. The molecule has 0 aliphatic heterocycles. The van der Waals surface area contributed by atoms with E-state index in [-0.39, 0.29) is 12.3 Å². The fraction of sp³-hybridized carbons (Fsp3) is 0.455. The molecule has 2 N–H and O–H groups in total. The predicted octanol–water partition coefficient (Wildman–Crippen LogP) is 1.14. The number of nitrogens with two attached hydrogens (primary N) is 1. The van der Waals surface area contributed by atoms with E-state index in [9.17, 15) is 4.79 Å². The van der Waals surface area contributed by atoms with Crippen molar-refractivity contribution in [1.29, 1.82) is 0 Å². The lowest BCUT2D eigenvalue weighted by atomic mass is 10.3. The number of aromatic nitrogens is 1. The number of carbonyl (C=O) groups is 1. The van der Waals surface area contributed by atoms with Crippen LogP contribution in [-0.4, -0.2) is 28.9 Å². The van der Waals surface area contributed by atoms with E-state index < -0.39 is 0 Å². The number of nitrogens with zero attached hydrogens (tertiary/aromatic N) is 2. The molecule has 0 saturated heterocycles. The van der Waals surface area contributed by atoms with Gasteiger partial charge in [0.05, 0.1) is 18.7 Å². The molecule has 5 heteroatoms. The van der Waals surface area contributed by atoms with Crippen molar-refractivity contribution in [2.45, 2.75) is 19.8 Å². The van der Waals surface area contributed by atoms with Gasteiger partial charge in [0.25, 0.3) is 0 Å². The van der Waals surface area contributed by atoms with Crippen molar-refractivity contribution in [3.63, 3.8) is 0 Å². The van der Waals surface area contributed by atoms with E-state index in [0.29, 0.717) is 23.9 Å². The Kier molecular flexibility index (Phi) is 4.80. The quantitative estimate of drug-likeness (QED) is 0.781. The smallest absolute Gasteiger partial charge is 0.229 e. The van der Waals surface area contributed by atoms with E-state index in [2.05, 4.69) is 10.9 Å². The Morgan fingerprint density at radius 1 is 1.75 bits per heavy atom. The summed E-state index contributed by atoms with van der Waals surface area (Å²) in [7, 11) is 0. The number of hydrogen-bond acceptors (Lipinski definition) is 4. The highest BCUT2D eigenvalue weighted by molar-refractivity contribution is 7.13. The van der Waals surface area contributed by atoms with Gasteiger partial charge in [-0.3, -0.25) is 4.79 Å². The highest BCUT2D eigenvalue weighted by atomic mass is 32.1. The maximum absolute atomic E-state index is 11.9. The van der Waals surface area contributed by atoms with Gasteiger partial charge < -0.3 is 10.6 Å². The van der Waals surface area contributed by atoms with Gasteiger partial charge in [0.2, 0.25) is 5.91 Å². The number of carbonyl (C=O) groups excluding carboxylic acids is 1. The van der Waals surface area contributed by atoms with Gasteiger partial charge in [0, 0.05) is 11.9 Å². The van der Waals surface area contributed by atoms with Gasteiger partial charge in [-0.05, 0) is 6.42 Å². The third-order valence-electron chi connectivity index (χ3n) is 2.03. The molecule has 86 valence electrons. The second kappa shape index (κ2) is 6.13. The number of amides is 1. The van der Waals surface area contributed by atoms with Crippen LogP contribution in [-0.2, 0) is 11.2 Å². The minimum atomic E-state index is 0.00472. The third-order valence-corrected chi connectivity index (χ3v) is 2.75. The predicted molar refractivity (Wildman–Crippen MR) is 65.9 cm³/mol. The van der Waals surface area contributed by atoms with E-state index in [1.54, 1.807) is 10.3 Å². The summed E-state index contributed by atoms with van der Waals surface area (Å²) in [4.78, 5) is 17.6. The summed E-state index contributed by atoms with van der Waals surface area (Å²) < 4.78 is 0. The summed E-state index contributed by atoms with van der Waals surface area (Å²) in [5.74, 6) is 2.49. The zero-order chi connectivity index (χ0) is 12.0. The maximum Gasteiger partial charge on any atom is 0.229 e. The largest absolute Gasteiger partial charge is 0.375 e. The van der Waals surface area contributed by atoms with Crippen LogP contribution in [0.15, 0.2) is 5.38 Å². The first-order valence-corrected chi connectivity index (χ1v) is 5.96. The van der Waals surface area contributed by atoms with Gasteiger partial charge in [-0.25, -0.2) is 4.98 Å². The SMILES string of the molecule is C#CCN(CCC)C(=O)Cc1csc(N)n1. The van der Waals surface area contributed by atoms with Gasteiger partial charge in [-0.2, -0.15) is 0 Å². The number of anilines is 1. The van der Waals surface area contributed by atoms with Gasteiger partial charge in [-0.1, -0.05) is 12.8 Å². The van der Waals surface area contributed by atoms with Gasteiger partial charge in [-0.15, -0.1) is 17.8 Å². The molecular formula is C11H15N3OS. The van der Waals surface area contributed by atoms with Crippen LogP contribution in [0.25, 0.3) is 0 Å². The van der Waals surface area contributed by atoms with Crippen LogP contribution in [0.1, 0.15) is 19.0 Å². The molecule has 1 aromatic rings. The van der Waals surface area contributed by atoms with Crippen molar-refractivity contribution >= 4 is 22.4 Å². The van der Waals surface area contributed by atoms with Crippen LogP contribution < -0.4 is 5.73 Å². The number of nitrogen functional groups attached to an aromatic ring is 1. The van der Waals surface area contributed by atoms with Crippen molar-refractivity contribution in [2.24, 2.45) is 0 Å². The standard InChI is InChI=1S/C11H15N3OS/c1-3-5-14(6-4-2)10(15)7-9-8-16-11(12)13-9/h1,8H,4-7H2,2H3,(H2,12,13). The Labute approximate surface area is 99.5 Å². The van der Waals surface area contributed by atoms with Gasteiger partial charge >= 0.3 is 0 Å². The molecule has 0 saturated carbocycles. The molecule has 1 heterocycles. The topological polar surface area (TPSA) is 59.2 Å². The van der Waals surface area contributed by atoms with Crippen molar-refractivity contribution in [1.82, 2.24) is 9.88 Å². The number of hydrogen-bond donors (Lipinski definition) is 1. The zero-order valence-corrected chi connectivity index (χ0v) is 10.1. The normalized spacial score (nSPS) is 9.75. The summed E-state index contributed by atoms with van der Waals surface area (Å²) >= 11 is 1.34. The lowest BCUT2D eigenvalue weighted by Crippen LogP contribution is -2.33. The van der Waals surface area contributed by atoms with Crippen LogP contribution in [0.2, 0.25) is 0 Å². The average molecular weight is 237 g/mol. The van der Waals surface area contributed by atoms with E-state index in [4.69, 9.17) is 12.2 Å². The summed E-state index contributed by atoms with van der Waals surface area (Å²) in [6.45, 7) is 3.05. The molecule has 0 radical (unpaired) electrons. The van der Waals surface area contributed by atoms with Crippen LogP contribution in [0.4, 0.5) is 5.13 Å². The minimum Gasteiger partial charge on any atom is -0.375 e. The van der Waals surface area contributed by atoms with E-state index in [1.165, 1.54) is 11.3 Å². The first-order valence-electron chi connectivity index (χ1n) is 5.08. The Bertz CT molecular complexity index is 394. The second-order valence-electron chi connectivity index (χ2n) is 3.37. The molecule has 0 unspecified atom stereocenters. The van der Waals surface area contributed by atoms with Crippen LogP contribution >= 0.6 is 11.3 Å². The summed E-state index contributed by atoms with van der Waals surface area (Å²) in [5, 5.41) is 2.29. The van der Waals surface area contributed by atoms with E-state index in [0.717, 1.165) is 6.42 Å². The lowest BCUT2D eigenvalue weighted by Gasteiger charge is -2.18. The Hall–Kier alpha value is -1.54. The first-order chi connectivity index (χ1) is 7.67. The summed E-state index contributed by atoms with van der Waals surface area (Å²) in [5.41, 5.74) is 6.21. The molecule has 0 bridgehead atoms. The molecule has 1 amide bonds. The molecule has 4 nitrogen and oxygen atoms in total. The second-order valence-corrected chi connectivity index (χ2v) is 4.26. The molecule has 1 rings (SSSR count). The molecular weight excluding hydrogens is 222 g/mol. The monoisotopic (exact) mass is 237 g/mol. The molecule has 16 heavy (non-hydrogen) atoms. The summed E-state index contributed by atoms with van der Waals surface area (Å²) in [6.07, 6.45) is 6.39. The van der Waals surface area contributed by atoms with Crippen LogP contribution in [0, 0.1) is 12.3 Å². The molecule has 0 aliphatic carbocycles. The fourth-order valence-electron chi connectivity index (χ4n) is 1.34. The van der Waals surface area contributed by atoms with Crippen LogP contribution in [0.5, 0.6) is 0 Å². The molecule has 0 spiro atoms. The molecule has 0 aromatic carbocycles. The van der Waals surface area contributed by atoms with Crippen molar-refractivity contribution < 1.29 is 4.79 Å². The van der Waals surface area contributed by atoms with Crippen molar-refractivity contribution in [3.05, 3.63) is 11.1 Å². The van der Waals surface area contributed by atoms with Crippen LogP contribution in [0.3, 0.4) is 0 Å². The Morgan fingerprint density at radius 2 is 2.50 bits per heavy atom. The van der Waals surface area contributed by atoms with Crippen molar-refractivity contribution in [2.75, 3.05) is 18.8 Å². The van der Waals surface area contributed by atoms with Gasteiger partial charge in [0.15, 0.2) is 5.13 Å². The molecule has 0 fully saturated rings. The Balaban J connectivity index is 2.58. The Morgan fingerprint density at radius 3 is 3.00 bits per heavy atom. The van der Waals surface area contributed by atoms with Gasteiger partial charge in [0.1, 0.15) is 0 Å². The molecule has 1 aromatic heterocycles. The maximum atomic E-state index is 11.9. The fourth-order valence-corrected chi connectivity index (χ4v) is 1.91. The number of terminal acetylenes is 1. The van der Waals surface area contributed by atoms with E-state index >= 15 is 0 Å². The number of rotatable bonds is 5. The first kappa shape index (κ1) is 12.5. The highest BCUT2D eigenvalue weighted by Crippen LogP contribution is 2.12. The summed E-state index contributed by atoms with van der Waals surface area (Å²) in [6, 6.07) is 0. The lowest BCUT2D eigenvalue weighted by molar-refractivity contribution is -0.129. The highest BCUT2D eigenvalue weighted by Gasteiger charge is 2.13. The third kappa shape index (κ3) is 3.55. The minimum absolute atomic E-state index is 0.00472.